The number of carbonyl (C=O) groups is 3. The van der Waals surface area contributed by atoms with E-state index < -0.39 is 23.3 Å². The van der Waals surface area contributed by atoms with Gasteiger partial charge in [0.15, 0.2) is 11.7 Å². The topological polar surface area (TPSA) is 161 Å². The fraction of sp³-hybridized carbons (Fsp3) is 0.238. The van der Waals surface area contributed by atoms with Crippen LogP contribution in [0.2, 0.25) is 0 Å². The van der Waals surface area contributed by atoms with Crippen LogP contribution >= 0.6 is 12.2 Å². The molecule has 34 heavy (non-hydrogen) atoms. The van der Waals surface area contributed by atoms with Crippen LogP contribution in [0, 0.1) is 10.1 Å². The number of hydrazine groups is 1. The lowest BCUT2D eigenvalue weighted by atomic mass is 10.2. The molecule has 0 aliphatic heterocycles. The van der Waals surface area contributed by atoms with Crippen molar-refractivity contribution < 1.29 is 28.8 Å². The maximum absolute atomic E-state index is 12.0. The quantitative estimate of drug-likeness (QED) is 0.222. The third-order valence-electron chi connectivity index (χ3n) is 4.01. The zero-order valence-electron chi connectivity index (χ0n) is 18.2. The Morgan fingerprint density at radius 2 is 1.47 bits per heavy atom. The Balaban J connectivity index is 1.62. The van der Waals surface area contributed by atoms with Crippen LogP contribution in [0.15, 0.2) is 48.5 Å². The number of nitro benzene ring substituents is 1. The molecule has 13 heteroatoms. The van der Waals surface area contributed by atoms with E-state index in [9.17, 15) is 24.5 Å². The normalized spacial score (nSPS) is 9.91. The Bertz CT molecular complexity index is 1030. The zero-order valence-corrected chi connectivity index (χ0v) is 19.0. The first-order chi connectivity index (χ1) is 16.3. The molecule has 12 nitrogen and oxygen atoms in total. The Kier molecular flexibility index (Phi) is 10.2. The van der Waals surface area contributed by atoms with Crippen molar-refractivity contribution in [2.24, 2.45) is 0 Å². The molecule has 0 radical (unpaired) electrons. The van der Waals surface area contributed by atoms with Crippen LogP contribution < -0.4 is 31.0 Å². The van der Waals surface area contributed by atoms with Crippen molar-refractivity contribution in [2.75, 3.05) is 18.5 Å². The molecular weight excluding hydrogens is 466 g/mol. The predicted molar refractivity (Wildman–Crippen MR) is 126 cm³/mol. The zero-order chi connectivity index (χ0) is 24.9. The number of ether oxygens (including phenoxy) is 2. The molecule has 0 saturated carbocycles. The number of nitro groups is 1. The van der Waals surface area contributed by atoms with Crippen LogP contribution in [-0.4, -0.2) is 41.0 Å². The molecule has 0 spiro atoms. The van der Waals surface area contributed by atoms with E-state index >= 15 is 0 Å². The molecule has 3 amide bonds. The maximum atomic E-state index is 12.0. The van der Waals surface area contributed by atoms with Gasteiger partial charge in [0.25, 0.3) is 11.6 Å². The summed E-state index contributed by atoms with van der Waals surface area (Å²) in [4.78, 5) is 45.8. The lowest BCUT2D eigenvalue weighted by molar-refractivity contribution is -0.384. The number of carbonyl (C=O) groups excluding carboxylic acids is 3. The van der Waals surface area contributed by atoms with E-state index in [1.54, 1.807) is 24.3 Å². The van der Waals surface area contributed by atoms with Crippen molar-refractivity contribution in [1.29, 1.82) is 0 Å². The fourth-order valence-corrected chi connectivity index (χ4v) is 2.61. The van der Waals surface area contributed by atoms with Crippen molar-refractivity contribution >= 4 is 46.4 Å². The molecule has 0 atom stereocenters. The van der Waals surface area contributed by atoms with Gasteiger partial charge in [-0.2, -0.15) is 0 Å². The molecule has 0 fully saturated rings. The standard InChI is InChI=1S/C21H23N5O7S/c1-2-32-16-7-3-14(4-8-16)22-18(27)11-12-19(28)24-25-21(34)23-20(29)13-33-17-9-5-15(6-10-17)26(30)31/h3-10H,2,11-13H2,1H3,(H,22,27)(H,24,28)(H2,23,25,29,34). The molecule has 4 N–H and O–H groups in total. The van der Waals surface area contributed by atoms with Crippen LogP contribution in [0.1, 0.15) is 19.8 Å². The Labute approximate surface area is 200 Å². The van der Waals surface area contributed by atoms with Crippen LogP contribution in [-0.2, 0) is 14.4 Å². The summed E-state index contributed by atoms with van der Waals surface area (Å²) < 4.78 is 10.5. The second kappa shape index (κ2) is 13.3. The molecule has 0 aliphatic rings. The molecule has 0 saturated heterocycles. The summed E-state index contributed by atoms with van der Waals surface area (Å²) >= 11 is 4.90. The van der Waals surface area contributed by atoms with Gasteiger partial charge in [0.1, 0.15) is 11.5 Å². The lowest BCUT2D eigenvalue weighted by Crippen LogP contribution is -2.49. The number of nitrogens with zero attached hydrogens (tertiary/aromatic N) is 1. The summed E-state index contributed by atoms with van der Waals surface area (Å²) in [5.74, 6) is -0.526. The number of rotatable bonds is 10. The smallest absolute Gasteiger partial charge is 0.269 e. The summed E-state index contributed by atoms with van der Waals surface area (Å²) in [5.41, 5.74) is 5.09. The number of thiocarbonyl (C=S) groups is 1. The second-order valence-electron chi connectivity index (χ2n) is 6.60. The van der Waals surface area contributed by atoms with Gasteiger partial charge in [0.2, 0.25) is 11.8 Å². The van der Waals surface area contributed by atoms with Crippen LogP contribution in [0.5, 0.6) is 11.5 Å². The van der Waals surface area contributed by atoms with Gasteiger partial charge >= 0.3 is 0 Å². The Hall–Kier alpha value is -4.26. The highest BCUT2D eigenvalue weighted by molar-refractivity contribution is 7.80. The molecular formula is C21H23N5O7S. The lowest BCUT2D eigenvalue weighted by Gasteiger charge is -2.11. The number of anilines is 1. The van der Waals surface area contributed by atoms with Gasteiger partial charge in [-0.1, -0.05) is 0 Å². The molecule has 2 aromatic rings. The van der Waals surface area contributed by atoms with Gasteiger partial charge in [0.05, 0.1) is 11.5 Å². The largest absolute Gasteiger partial charge is 0.494 e. The Morgan fingerprint density at radius 1 is 0.882 bits per heavy atom. The van der Waals surface area contributed by atoms with Gasteiger partial charge in [0, 0.05) is 30.7 Å². The number of amides is 3. The summed E-state index contributed by atoms with van der Waals surface area (Å²) in [6, 6.07) is 12.0. The number of nitrogens with one attached hydrogen (secondary N) is 4. The summed E-state index contributed by atoms with van der Waals surface area (Å²) in [6.07, 6.45) is -0.182. The van der Waals surface area contributed by atoms with Crippen molar-refractivity contribution in [1.82, 2.24) is 16.2 Å². The Morgan fingerprint density at radius 3 is 2.09 bits per heavy atom. The van der Waals surface area contributed by atoms with E-state index in [1.165, 1.54) is 24.3 Å². The molecule has 0 bridgehead atoms. The van der Waals surface area contributed by atoms with Crippen molar-refractivity contribution in [3.63, 3.8) is 0 Å². The van der Waals surface area contributed by atoms with Gasteiger partial charge in [-0.15, -0.1) is 0 Å². The van der Waals surface area contributed by atoms with E-state index in [1.807, 2.05) is 6.92 Å². The van der Waals surface area contributed by atoms with E-state index in [0.717, 1.165) is 0 Å². The molecule has 2 aromatic carbocycles. The first kappa shape index (κ1) is 26.0. The molecule has 0 aromatic heterocycles. The van der Waals surface area contributed by atoms with Crippen LogP contribution in [0.25, 0.3) is 0 Å². The van der Waals surface area contributed by atoms with Gasteiger partial charge in [-0.25, -0.2) is 0 Å². The summed E-state index contributed by atoms with van der Waals surface area (Å²) in [6.45, 7) is 2.01. The average Bonchev–Trinajstić information content (AvgIpc) is 2.82. The number of hydrogen-bond acceptors (Lipinski definition) is 8. The van der Waals surface area contributed by atoms with E-state index in [2.05, 4.69) is 21.5 Å². The highest BCUT2D eigenvalue weighted by Gasteiger charge is 2.10. The van der Waals surface area contributed by atoms with Crippen molar-refractivity contribution in [3.8, 4) is 11.5 Å². The highest BCUT2D eigenvalue weighted by atomic mass is 32.1. The van der Waals surface area contributed by atoms with Crippen molar-refractivity contribution in [3.05, 3.63) is 58.6 Å². The average molecular weight is 490 g/mol. The molecule has 0 heterocycles. The predicted octanol–water partition coefficient (Wildman–Crippen LogP) is 1.81. The third kappa shape index (κ3) is 9.48. The second-order valence-corrected chi connectivity index (χ2v) is 7.00. The van der Waals surface area contributed by atoms with E-state index in [-0.39, 0.29) is 35.3 Å². The molecule has 180 valence electrons. The van der Waals surface area contributed by atoms with Crippen molar-refractivity contribution in [2.45, 2.75) is 19.8 Å². The molecule has 2 rings (SSSR count). The van der Waals surface area contributed by atoms with Gasteiger partial charge in [-0.05, 0) is 55.5 Å². The van der Waals surface area contributed by atoms with Gasteiger partial charge < -0.3 is 14.8 Å². The van der Waals surface area contributed by atoms with Crippen LogP contribution in [0.3, 0.4) is 0 Å². The minimum Gasteiger partial charge on any atom is -0.494 e. The molecule has 0 aliphatic carbocycles. The van der Waals surface area contributed by atoms with Gasteiger partial charge in [-0.3, -0.25) is 40.7 Å². The number of hydrogen-bond donors (Lipinski definition) is 4. The maximum Gasteiger partial charge on any atom is 0.269 e. The van der Waals surface area contributed by atoms with E-state index in [0.29, 0.717) is 18.0 Å². The minimum atomic E-state index is -0.611. The third-order valence-corrected chi connectivity index (χ3v) is 4.22. The highest BCUT2D eigenvalue weighted by Crippen LogP contribution is 2.17. The monoisotopic (exact) mass is 489 g/mol. The number of non-ortho nitro benzene ring substituents is 1. The first-order valence-corrected chi connectivity index (χ1v) is 10.5. The summed E-state index contributed by atoms with van der Waals surface area (Å²) in [5, 5.41) is 15.4. The SMILES string of the molecule is CCOc1ccc(NC(=O)CCC(=O)NNC(=S)NC(=O)COc2ccc([N+](=O)[O-])cc2)cc1. The summed E-state index contributed by atoms with van der Waals surface area (Å²) in [7, 11) is 0. The minimum absolute atomic E-state index is 0.0665. The molecule has 0 unspecified atom stereocenters. The fourth-order valence-electron chi connectivity index (χ4n) is 2.45. The number of benzene rings is 2. The first-order valence-electron chi connectivity index (χ1n) is 10.1. The van der Waals surface area contributed by atoms with E-state index in [4.69, 9.17) is 21.7 Å². The van der Waals surface area contributed by atoms with Crippen LogP contribution in [0.4, 0.5) is 11.4 Å².